The van der Waals surface area contributed by atoms with Gasteiger partial charge in [0.2, 0.25) is 0 Å². The van der Waals surface area contributed by atoms with E-state index in [1.807, 2.05) is 31.3 Å². The summed E-state index contributed by atoms with van der Waals surface area (Å²) in [5.41, 5.74) is 3.60. The average molecular weight is 540 g/mol. The van der Waals surface area contributed by atoms with E-state index in [9.17, 15) is 14.7 Å². The summed E-state index contributed by atoms with van der Waals surface area (Å²) in [5.74, 6) is -0.535. The van der Waals surface area contributed by atoms with Crippen LogP contribution in [0.3, 0.4) is 0 Å². The Hall–Kier alpha value is -3.17. The lowest BCUT2D eigenvalue weighted by Gasteiger charge is -2.41. The Balaban J connectivity index is 1.34. The molecule has 2 aliphatic rings. The van der Waals surface area contributed by atoms with Crippen LogP contribution in [0.5, 0.6) is 0 Å². The summed E-state index contributed by atoms with van der Waals surface area (Å²) in [6.07, 6.45) is 2.52. The van der Waals surface area contributed by atoms with Crippen molar-refractivity contribution in [1.29, 1.82) is 0 Å². The number of ether oxygens (including phenoxy) is 2. The number of carbonyl (C=O) groups is 2. The summed E-state index contributed by atoms with van der Waals surface area (Å²) in [6.45, 7) is 0.401. The fraction of sp³-hybridized carbons (Fsp3) is 0.346. The number of amides is 1. The fourth-order valence-corrected chi connectivity index (χ4v) is 5.76. The van der Waals surface area contributed by atoms with Crippen molar-refractivity contribution in [3.05, 3.63) is 76.3 Å². The number of likely N-dealkylation sites (tertiary alicyclic amines) is 1. The first-order valence-electron chi connectivity index (χ1n) is 11.5. The van der Waals surface area contributed by atoms with Gasteiger partial charge in [-0.25, -0.2) is 14.6 Å². The number of halogens is 1. The molecule has 8 nitrogen and oxygen atoms in total. The zero-order chi connectivity index (χ0) is 24.6. The van der Waals surface area contributed by atoms with Gasteiger partial charge in [-0.15, -0.1) is 0 Å². The summed E-state index contributed by atoms with van der Waals surface area (Å²) in [6, 6.07) is 16.4. The van der Waals surface area contributed by atoms with Crippen LogP contribution < -0.4 is 0 Å². The van der Waals surface area contributed by atoms with Crippen molar-refractivity contribution in [3.8, 4) is 11.1 Å². The van der Waals surface area contributed by atoms with Gasteiger partial charge in [0.25, 0.3) is 0 Å². The predicted molar refractivity (Wildman–Crippen MR) is 132 cm³/mol. The molecule has 1 saturated heterocycles. The number of carboxylic acids is 1. The molecule has 0 radical (unpaired) electrons. The standard InChI is InChI=1S/C26H26BrN3O5/c1-29-13-22(27)28-24(29)26(35-15-23(31)32)11-6-12-30(16-26)25(33)34-14-21-19-9-4-2-7-17(19)18-8-3-5-10-20(18)21/h2-5,7-10,13,21H,6,11-12,14-16H2,1H3,(H,31,32). The molecule has 0 bridgehead atoms. The van der Waals surface area contributed by atoms with Crippen LogP contribution in [0.25, 0.3) is 11.1 Å². The van der Waals surface area contributed by atoms with Gasteiger partial charge in [0.1, 0.15) is 29.2 Å². The minimum Gasteiger partial charge on any atom is -0.480 e. The number of aliphatic carboxylic acids is 1. The third-order valence-electron chi connectivity index (χ3n) is 6.78. The van der Waals surface area contributed by atoms with Crippen LogP contribution in [0, 0.1) is 0 Å². The lowest BCUT2D eigenvalue weighted by Crippen LogP contribution is -2.51. The average Bonchev–Trinajstić information content (AvgIpc) is 3.38. The van der Waals surface area contributed by atoms with E-state index in [4.69, 9.17) is 9.47 Å². The van der Waals surface area contributed by atoms with Crippen molar-refractivity contribution in [1.82, 2.24) is 14.5 Å². The highest BCUT2D eigenvalue weighted by molar-refractivity contribution is 9.10. The predicted octanol–water partition coefficient (Wildman–Crippen LogP) is 4.52. The molecule has 1 fully saturated rings. The molecule has 1 unspecified atom stereocenters. The fourth-order valence-electron chi connectivity index (χ4n) is 5.28. The molecule has 9 heteroatoms. The Morgan fingerprint density at radius 3 is 2.40 bits per heavy atom. The number of nitrogens with zero attached hydrogens (tertiary/aromatic N) is 3. The van der Waals surface area contributed by atoms with Gasteiger partial charge in [-0.1, -0.05) is 48.5 Å². The maximum Gasteiger partial charge on any atom is 0.409 e. The summed E-state index contributed by atoms with van der Waals surface area (Å²) in [5, 5.41) is 9.25. The Morgan fingerprint density at radius 1 is 1.14 bits per heavy atom. The van der Waals surface area contributed by atoms with Gasteiger partial charge in [-0.2, -0.15) is 0 Å². The van der Waals surface area contributed by atoms with Crippen molar-refractivity contribution < 1.29 is 24.2 Å². The van der Waals surface area contributed by atoms with E-state index in [2.05, 4.69) is 45.2 Å². The summed E-state index contributed by atoms with van der Waals surface area (Å²) < 4.78 is 14.2. The van der Waals surface area contributed by atoms with Crippen molar-refractivity contribution in [2.75, 3.05) is 26.3 Å². The third-order valence-corrected chi connectivity index (χ3v) is 7.16. The Morgan fingerprint density at radius 2 is 1.80 bits per heavy atom. The number of hydrogen-bond donors (Lipinski definition) is 1. The number of carboxylic acid groups (broad SMARTS) is 1. The molecule has 1 aromatic heterocycles. The van der Waals surface area contributed by atoms with E-state index < -0.39 is 24.3 Å². The molecule has 0 saturated carbocycles. The molecule has 1 aliphatic carbocycles. The zero-order valence-electron chi connectivity index (χ0n) is 19.3. The lowest BCUT2D eigenvalue weighted by atomic mass is 9.91. The molecule has 35 heavy (non-hydrogen) atoms. The minimum atomic E-state index is -1.07. The number of carbonyl (C=O) groups excluding carboxylic acids is 1. The Bertz CT molecular complexity index is 1230. The highest BCUT2D eigenvalue weighted by Gasteiger charge is 2.44. The van der Waals surface area contributed by atoms with E-state index in [1.165, 1.54) is 11.1 Å². The summed E-state index contributed by atoms with van der Waals surface area (Å²) in [4.78, 5) is 30.6. The summed E-state index contributed by atoms with van der Waals surface area (Å²) >= 11 is 3.38. The second kappa shape index (κ2) is 9.47. The number of imidazole rings is 1. The van der Waals surface area contributed by atoms with E-state index in [-0.39, 0.29) is 19.1 Å². The van der Waals surface area contributed by atoms with Crippen molar-refractivity contribution in [2.24, 2.45) is 7.05 Å². The first-order valence-corrected chi connectivity index (χ1v) is 12.3. The van der Waals surface area contributed by atoms with Crippen LogP contribution in [0.15, 0.2) is 59.3 Å². The molecule has 2 aromatic carbocycles. The van der Waals surface area contributed by atoms with Crippen LogP contribution in [0.1, 0.15) is 35.7 Å². The van der Waals surface area contributed by atoms with Gasteiger partial charge >= 0.3 is 12.1 Å². The minimum absolute atomic E-state index is 0.0327. The van der Waals surface area contributed by atoms with Crippen LogP contribution in [0.2, 0.25) is 0 Å². The molecule has 182 valence electrons. The van der Waals surface area contributed by atoms with Crippen LogP contribution >= 0.6 is 15.9 Å². The SMILES string of the molecule is Cn1cc(Br)nc1C1(OCC(=O)O)CCCN(C(=O)OCC2c3ccccc3-c3ccccc32)C1. The van der Waals surface area contributed by atoms with E-state index in [1.54, 1.807) is 15.7 Å². The van der Waals surface area contributed by atoms with Crippen LogP contribution in [-0.2, 0) is 26.9 Å². The normalized spacial score (nSPS) is 19.3. The topological polar surface area (TPSA) is 93.9 Å². The smallest absolute Gasteiger partial charge is 0.409 e. The second-order valence-electron chi connectivity index (χ2n) is 9.00. The largest absolute Gasteiger partial charge is 0.480 e. The van der Waals surface area contributed by atoms with Crippen LogP contribution in [-0.4, -0.2) is 57.9 Å². The highest BCUT2D eigenvalue weighted by Crippen LogP contribution is 2.44. The van der Waals surface area contributed by atoms with Crippen molar-refractivity contribution in [2.45, 2.75) is 24.4 Å². The second-order valence-corrected chi connectivity index (χ2v) is 9.82. The quantitative estimate of drug-likeness (QED) is 0.494. The van der Waals surface area contributed by atoms with Gasteiger partial charge in [0.05, 0.1) is 6.54 Å². The monoisotopic (exact) mass is 539 g/mol. The van der Waals surface area contributed by atoms with Gasteiger partial charge in [0, 0.05) is 25.7 Å². The number of hydrogen-bond acceptors (Lipinski definition) is 5. The number of aromatic nitrogens is 2. The van der Waals surface area contributed by atoms with E-state index in [0.717, 1.165) is 11.1 Å². The molecule has 1 atom stereocenters. The number of aryl methyl sites for hydroxylation is 1. The van der Waals surface area contributed by atoms with Crippen molar-refractivity contribution >= 4 is 28.0 Å². The first-order chi connectivity index (χ1) is 16.9. The molecule has 2 heterocycles. The number of benzene rings is 2. The molecule has 1 N–H and O–H groups in total. The van der Waals surface area contributed by atoms with E-state index in [0.29, 0.717) is 29.8 Å². The molecule has 1 aliphatic heterocycles. The summed E-state index contributed by atoms with van der Waals surface area (Å²) in [7, 11) is 1.82. The molecular weight excluding hydrogens is 514 g/mol. The van der Waals surface area contributed by atoms with Gasteiger partial charge in [-0.3, -0.25) is 0 Å². The molecule has 1 amide bonds. The first kappa shape index (κ1) is 23.6. The molecule has 3 aromatic rings. The Kier molecular flexibility index (Phi) is 6.37. The Labute approximate surface area is 211 Å². The van der Waals surface area contributed by atoms with Crippen molar-refractivity contribution in [3.63, 3.8) is 0 Å². The van der Waals surface area contributed by atoms with Gasteiger partial charge in [-0.05, 0) is 51.0 Å². The van der Waals surface area contributed by atoms with E-state index >= 15 is 0 Å². The lowest BCUT2D eigenvalue weighted by molar-refractivity contribution is -0.156. The molecule has 0 spiro atoms. The molecule has 5 rings (SSSR count). The van der Waals surface area contributed by atoms with Gasteiger partial charge < -0.3 is 24.0 Å². The maximum absolute atomic E-state index is 13.2. The van der Waals surface area contributed by atoms with Gasteiger partial charge in [0.15, 0.2) is 0 Å². The third kappa shape index (κ3) is 4.46. The van der Waals surface area contributed by atoms with Crippen LogP contribution in [0.4, 0.5) is 4.79 Å². The maximum atomic E-state index is 13.2. The number of rotatable bonds is 6. The number of piperidine rings is 1. The number of fused-ring (bicyclic) bond motifs is 3. The molecular formula is C26H26BrN3O5. The highest BCUT2D eigenvalue weighted by atomic mass is 79.9. The zero-order valence-corrected chi connectivity index (χ0v) is 20.9.